The molecule has 1 aromatic heterocycles. The molecule has 1 aromatic carbocycles. The van der Waals surface area contributed by atoms with Gasteiger partial charge in [0.2, 0.25) is 5.88 Å². The molecule has 0 amide bonds. The number of carboxylic acid groups (broad SMARTS) is 1. The average Bonchev–Trinajstić information content (AvgIpc) is 2.67. The zero-order chi connectivity index (χ0) is 14.7. The summed E-state index contributed by atoms with van der Waals surface area (Å²) in [5.74, 6) is -1.06. The highest BCUT2D eigenvalue weighted by atomic mass is 32.1. The van der Waals surface area contributed by atoms with E-state index in [1.807, 2.05) is 12.1 Å². The Hall–Kier alpha value is -1.66. The summed E-state index contributed by atoms with van der Waals surface area (Å²) >= 11 is 6.34. The van der Waals surface area contributed by atoms with E-state index < -0.39 is 5.97 Å². The Kier molecular flexibility index (Phi) is 4.57. The monoisotopic (exact) mass is 309 g/mol. The van der Waals surface area contributed by atoms with E-state index in [9.17, 15) is 9.90 Å². The minimum absolute atomic E-state index is 0.0398. The number of carbonyl (C=O) groups is 1. The van der Waals surface area contributed by atoms with Crippen LogP contribution in [0.1, 0.15) is 22.9 Å². The van der Waals surface area contributed by atoms with Crippen LogP contribution in [0.3, 0.4) is 0 Å². The summed E-state index contributed by atoms with van der Waals surface area (Å²) in [4.78, 5) is 11.4. The second kappa shape index (κ2) is 6.19. The molecule has 0 spiro atoms. The van der Waals surface area contributed by atoms with Crippen LogP contribution in [-0.4, -0.2) is 20.7 Å². The first-order valence-corrected chi connectivity index (χ1v) is 7.44. The molecule has 1 heterocycles. The largest absolute Gasteiger partial charge is 0.494 e. The van der Waals surface area contributed by atoms with Gasteiger partial charge in [0.05, 0.1) is 4.88 Å². The maximum Gasteiger partial charge on any atom is 0.323 e. The van der Waals surface area contributed by atoms with Gasteiger partial charge in [-0.15, -0.1) is 11.3 Å². The molecule has 0 fully saturated rings. The highest BCUT2D eigenvalue weighted by Crippen LogP contribution is 2.28. The first-order chi connectivity index (χ1) is 9.51. The highest BCUT2D eigenvalue weighted by molar-refractivity contribution is 7.73. The fourth-order valence-electron chi connectivity index (χ4n) is 1.91. The molecule has 0 atom stereocenters. The quantitative estimate of drug-likeness (QED) is 0.833. The Balaban J connectivity index is 2.25. The maximum atomic E-state index is 10.7. The second-order valence-corrected chi connectivity index (χ2v) is 6.17. The van der Waals surface area contributed by atoms with Crippen molar-refractivity contribution in [1.82, 2.24) is 4.57 Å². The number of rotatable bonds is 5. The smallest absolute Gasteiger partial charge is 0.323 e. The number of thiazole rings is 1. The second-order valence-electron chi connectivity index (χ2n) is 4.44. The Labute approximate surface area is 125 Å². The Morgan fingerprint density at radius 3 is 2.45 bits per heavy atom. The van der Waals surface area contributed by atoms with Crippen LogP contribution in [0, 0.1) is 3.95 Å². The third-order valence-corrected chi connectivity index (χ3v) is 4.46. The van der Waals surface area contributed by atoms with Crippen LogP contribution in [0.5, 0.6) is 5.88 Å². The van der Waals surface area contributed by atoms with Crippen LogP contribution in [-0.2, 0) is 24.2 Å². The van der Waals surface area contributed by atoms with Gasteiger partial charge >= 0.3 is 5.97 Å². The van der Waals surface area contributed by atoms with E-state index in [1.54, 1.807) is 0 Å². The van der Waals surface area contributed by atoms with E-state index in [4.69, 9.17) is 17.3 Å². The number of aromatic hydroxyl groups is 1. The number of benzene rings is 1. The zero-order valence-electron chi connectivity index (χ0n) is 11.0. The number of hydrogen-bond donors (Lipinski definition) is 2. The van der Waals surface area contributed by atoms with Crippen molar-refractivity contribution in [3.8, 4) is 5.88 Å². The van der Waals surface area contributed by atoms with E-state index >= 15 is 0 Å². The maximum absolute atomic E-state index is 10.7. The lowest BCUT2D eigenvalue weighted by Gasteiger charge is -2.03. The molecule has 0 aliphatic heterocycles. The van der Waals surface area contributed by atoms with Gasteiger partial charge in [-0.2, -0.15) is 0 Å². The molecule has 0 saturated heterocycles. The molecule has 2 rings (SSSR count). The fraction of sp³-hybridized carbons (Fsp3) is 0.286. The first-order valence-electron chi connectivity index (χ1n) is 6.22. The van der Waals surface area contributed by atoms with Crippen molar-refractivity contribution >= 4 is 29.5 Å². The molecular weight excluding hydrogens is 294 g/mol. The summed E-state index contributed by atoms with van der Waals surface area (Å²) in [5.41, 5.74) is 2.32. The van der Waals surface area contributed by atoms with Crippen LogP contribution in [0.25, 0.3) is 0 Å². The van der Waals surface area contributed by atoms with Gasteiger partial charge in [-0.05, 0) is 29.8 Å². The number of carboxylic acids is 1. The summed E-state index contributed by atoms with van der Waals surface area (Å²) < 4.78 is 1.63. The van der Waals surface area contributed by atoms with Gasteiger partial charge in [0.1, 0.15) is 6.54 Å². The number of aryl methyl sites for hydroxylation is 1. The molecular formula is C14H15NO3S2. The third kappa shape index (κ3) is 3.26. The van der Waals surface area contributed by atoms with Gasteiger partial charge < -0.3 is 10.2 Å². The molecule has 0 bridgehead atoms. The molecule has 106 valence electrons. The highest BCUT2D eigenvalue weighted by Gasteiger charge is 2.14. The molecule has 0 unspecified atom stereocenters. The summed E-state index contributed by atoms with van der Waals surface area (Å²) in [6.07, 6.45) is 1.54. The van der Waals surface area contributed by atoms with Crippen molar-refractivity contribution in [2.75, 3.05) is 0 Å². The van der Waals surface area contributed by atoms with E-state index in [0.29, 0.717) is 15.3 Å². The predicted molar refractivity (Wildman–Crippen MR) is 81.1 cm³/mol. The van der Waals surface area contributed by atoms with Crippen molar-refractivity contribution < 1.29 is 15.0 Å². The van der Waals surface area contributed by atoms with E-state index in [1.165, 1.54) is 21.5 Å². The van der Waals surface area contributed by atoms with Crippen molar-refractivity contribution in [1.29, 1.82) is 0 Å². The molecule has 2 aromatic rings. The Bertz CT molecular complexity index is 671. The summed E-state index contributed by atoms with van der Waals surface area (Å²) in [6.45, 7) is 1.79. The standard InChI is InChI=1S/C14H15NO3S2/c1-2-9-3-5-10(6-4-9)7-11-13(18)15(8-12(16)17)14(19)20-11/h3-6,18H,2,7-8H2,1H3,(H,16,17). The summed E-state index contributed by atoms with van der Waals surface area (Å²) in [7, 11) is 0. The molecule has 0 aliphatic rings. The van der Waals surface area contributed by atoms with E-state index in [-0.39, 0.29) is 12.4 Å². The fourth-order valence-corrected chi connectivity index (χ4v) is 3.28. The summed E-state index contributed by atoms with van der Waals surface area (Å²) in [5, 5.41) is 18.9. The average molecular weight is 309 g/mol. The van der Waals surface area contributed by atoms with E-state index in [2.05, 4.69) is 19.1 Å². The van der Waals surface area contributed by atoms with Crippen molar-refractivity contribution in [3.63, 3.8) is 0 Å². The molecule has 0 radical (unpaired) electrons. The topological polar surface area (TPSA) is 62.5 Å². The number of aliphatic carboxylic acids is 1. The number of hydrogen-bond acceptors (Lipinski definition) is 4. The molecule has 6 heteroatoms. The van der Waals surface area contributed by atoms with Crippen LogP contribution < -0.4 is 0 Å². The first kappa shape index (κ1) is 14.7. The van der Waals surface area contributed by atoms with E-state index in [0.717, 1.165) is 12.0 Å². The lowest BCUT2D eigenvalue weighted by Crippen LogP contribution is -2.08. The lowest BCUT2D eigenvalue weighted by molar-refractivity contribution is -0.137. The van der Waals surface area contributed by atoms with Gasteiger partial charge in [0.25, 0.3) is 0 Å². The summed E-state index contributed by atoms with van der Waals surface area (Å²) in [6, 6.07) is 8.14. The van der Waals surface area contributed by atoms with Crippen LogP contribution in [0.2, 0.25) is 0 Å². The number of aromatic nitrogens is 1. The zero-order valence-corrected chi connectivity index (χ0v) is 12.6. The van der Waals surface area contributed by atoms with Gasteiger partial charge in [-0.1, -0.05) is 31.2 Å². The third-order valence-electron chi connectivity index (χ3n) is 3.03. The molecule has 2 N–H and O–H groups in total. The Morgan fingerprint density at radius 2 is 1.90 bits per heavy atom. The van der Waals surface area contributed by atoms with Gasteiger partial charge in [0, 0.05) is 6.42 Å². The normalized spacial score (nSPS) is 10.7. The van der Waals surface area contributed by atoms with Crippen molar-refractivity contribution in [2.24, 2.45) is 0 Å². The van der Waals surface area contributed by atoms with Crippen LogP contribution in [0.15, 0.2) is 24.3 Å². The SMILES string of the molecule is CCc1ccc(Cc2sc(=S)n(CC(=O)O)c2O)cc1. The molecule has 4 nitrogen and oxygen atoms in total. The molecule has 20 heavy (non-hydrogen) atoms. The van der Waals surface area contributed by atoms with Crippen molar-refractivity contribution in [3.05, 3.63) is 44.2 Å². The molecule has 0 saturated carbocycles. The van der Waals surface area contributed by atoms with Crippen molar-refractivity contribution in [2.45, 2.75) is 26.3 Å². The minimum Gasteiger partial charge on any atom is -0.494 e. The van der Waals surface area contributed by atoms with Crippen LogP contribution >= 0.6 is 23.6 Å². The lowest BCUT2D eigenvalue weighted by atomic mass is 10.1. The predicted octanol–water partition coefficient (Wildman–Crippen LogP) is 3.22. The van der Waals surface area contributed by atoms with Crippen LogP contribution in [0.4, 0.5) is 0 Å². The van der Waals surface area contributed by atoms with Gasteiger partial charge in [0.15, 0.2) is 3.95 Å². The minimum atomic E-state index is -1.02. The Morgan fingerprint density at radius 1 is 1.30 bits per heavy atom. The van der Waals surface area contributed by atoms with Gasteiger partial charge in [-0.3, -0.25) is 9.36 Å². The number of nitrogens with zero attached hydrogens (tertiary/aromatic N) is 1. The molecule has 0 aliphatic carbocycles. The van der Waals surface area contributed by atoms with Gasteiger partial charge in [-0.25, -0.2) is 0 Å².